The van der Waals surface area contributed by atoms with Crippen LogP contribution in [0.15, 0.2) is 109 Å². The molecule has 0 spiro atoms. The van der Waals surface area contributed by atoms with Gasteiger partial charge in [-0.05, 0) is 43.5 Å². The van der Waals surface area contributed by atoms with E-state index in [2.05, 4.69) is 132 Å². The fourth-order valence-electron chi connectivity index (χ4n) is 7.52. The first-order valence-corrected chi connectivity index (χ1v) is 14.2. The van der Waals surface area contributed by atoms with Gasteiger partial charge in [0.2, 0.25) is 0 Å². The zero-order valence-electron chi connectivity index (χ0n) is 22.4. The third kappa shape index (κ3) is 3.22. The molecule has 188 valence electrons. The first-order chi connectivity index (χ1) is 18.7. The van der Waals surface area contributed by atoms with E-state index < -0.39 is 0 Å². The molecule has 2 heterocycles. The van der Waals surface area contributed by atoms with Crippen LogP contribution in [-0.4, -0.2) is 4.57 Å². The molecule has 1 aliphatic carbocycles. The molecule has 7 rings (SSSR count). The van der Waals surface area contributed by atoms with Crippen LogP contribution in [0.5, 0.6) is 0 Å². The van der Waals surface area contributed by atoms with Crippen LogP contribution in [0.4, 0.5) is 0 Å². The topological polar surface area (TPSA) is 8.81 Å². The van der Waals surface area contributed by atoms with Gasteiger partial charge < -0.3 is 0 Å². The van der Waals surface area contributed by atoms with Crippen LogP contribution in [-0.2, 0) is 5.54 Å². The van der Waals surface area contributed by atoms with Gasteiger partial charge in [0.05, 0.1) is 5.56 Å². The molecule has 1 fully saturated rings. The van der Waals surface area contributed by atoms with Crippen LogP contribution in [0, 0.1) is 19.8 Å². The summed E-state index contributed by atoms with van der Waals surface area (Å²) >= 11 is 0. The van der Waals surface area contributed by atoms with Gasteiger partial charge in [0, 0.05) is 29.5 Å². The lowest BCUT2D eigenvalue weighted by atomic mass is 9.67. The number of imidazole rings is 1. The number of aryl methyl sites for hydroxylation is 1. The maximum Gasteiger partial charge on any atom is 0.295 e. The Morgan fingerprint density at radius 1 is 0.684 bits per heavy atom. The summed E-state index contributed by atoms with van der Waals surface area (Å²) in [4.78, 5) is 0. The number of hydrogen-bond acceptors (Lipinski definition) is 0. The van der Waals surface area contributed by atoms with Crippen molar-refractivity contribution in [2.45, 2.75) is 51.5 Å². The molecule has 4 aromatic carbocycles. The standard InChI is InChI=1S/C36H35N2/c1-26-16-12-15-25-33(26)37-27(2)34-31-23-13-14-24-32(31)36(29-19-8-4-9-20-29,30-21-10-5-11-22-30)38(34)35(37)28-17-6-3-7-18-28/h3-4,6-9,12-20,23-25,30H,5,10-11,21-22H2,1-2H3/q+1. The highest BCUT2D eigenvalue weighted by Gasteiger charge is 2.58. The zero-order chi connectivity index (χ0) is 25.7. The smallest absolute Gasteiger partial charge is 0.208 e. The van der Waals surface area contributed by atoms with Crippen LogP contribution in [0.2, 0.25) is 0 Å². The Labute approximate surface area is 226 Å². The summed E-state index contributed by atoms with van der Waals surface area (Å²) in [5.74, 6) is 1.80. The van der Waals surface area contributed by atoms with Crippen LogP contribution >= 0.6 is 0 Å². The van der Waals surface area contributed by atoms with Gasteiger partial charge in [0.1, 0.15) is 5.69 Å². The molecule has 5 aromatic rings. The normalized spacial score (nSPS) is 18.8. The van der Waals surface area contributed by atoms with E-state index in [0.717, 1.165) is 0 Å². The number of aromatic nitrogens is 2. The molecule has 0 N–H and O–H groups in total. The summed E-state index contributed by atoms with van der Waals surface area (Å²) in [5, 5.41) is 0. The minimum Gasteiger partial charge on any atom is -0.208 e. The predicted octanol–water partition coefficient (Wildman–Crippen LogP) is 8.40. The van der Waals surface area contributed by atoms with Gasteiger partial charge in [-0.1, -0.05) is 110 Å². The summed E-state index contributed by atoms with van der Waals surface area (Å²) in [5.41, 5.74) is 10.5. The lowest BCUT2D eigenvalue weighted by Crippen LogP contribution is -2.61. The Hall–Kier alpha value is -3.91. The van der Waals surface area contributed by atoms with E-state index in [9.17, 15) is 0 Å². The monoisotopic (exact) mass is 495 g/mol. The van der Waals surface area contributed by atoms with Crippen molar-refractivity contribution in [2.24, 2.45) is 5.92 Å². The Morgan fingerprint density at radius 2 is 1.32 bits per heavy atom. The van der Waals surface area contributed by atoms with E-state index in [1.165, 1.54) is 82.8 Å². The van der Waals surface area contributed by atoms with Gasteiger partial charge in [0.25, 0.3) is 5.82 Å². The van der Waals surface area contributed by atoms with Crippen LogP contribution in [0.3, 0.4) is 0 Å². The number of hydrogen-bond donors (Lipinski definition) is 0. The molecule has 1 aliphatic heterocycles. The molecule has 0 amide bonds. The maximum atomic E-state index is 2.76. The summed E-state index contributed by atoms with van der Waals surface area (Å²) < 4.78 is 5.30. The fraction of sp³-hybridized carbons (Fsp3) is 0.250. The molecule has 1 saturated carbocycles. The van der Waals surface area contributed by atoms with Crippen LogP contribution < -0.4 is 4.57 Å². The molecule has 0 radical (unpaired) electrons. The number of benzene rings is 4. The average molecular weight is 496 g/mol. The first kappa shape index (κ1) is 23.2. The van der Waals surface area contributed by atoms with Gasteiger partial charge in [-0.15, -0.1) is 0 Å². The lowest BCUT2D eigenvalue weighted by molar-refractivity contribution is -0.726. The highest BCUT2D eigenvalue weighted by atomic mass is 15.2. The minimum absolute atomic E-state index is 0.253. The van der Waals surface area contributed by atoms with E-state index >= 15 is 0 Å². The van der Waals surface area contributed by atoms with Crippen molar-refractivity contribution in [3.8, 4) is 28.3 Å². The highest BCUT2D eigenvalue weighted by Crippen LogP contribution is 2.53. The Kier molecular flexibility index (Phi) is 5.58. The van der Waals surface area contributed by atoms with Gasteiger partial charge in [-0.25, -0.2) is 4.57 Å². The number of rotatable bonds is 4. The molecule has 1 atom stereocenters. The lowest BCUT2D eigenvalue weighted by Gasteiger charge is -2.39. The fourth-order valence-corrected chi connectivity index (χ4v) is 7.52. The molecular weight excluding hydrogens is 460 g/mol. The van der Waals surface area contributed by atoms with Crippen molar-refractivity contribution in [1.29, 1.82) is 0 Å². The van der Waals surface area contributed by atoms with Crippen LogP contribution in [0.25, 0.3) is 28.3 Å². The van der Waals surface area contributed by atoms with Gasteiger partial charge in [-0.2, -0.15) is 4.57 Å². The van der Waals surface area contributed by atoms with Crippen molar-refractivity contribution in [3.63, 3.8) is 0 Å². The Balaban J connectivity index is 1.69. The van der Waals surface area contributed by atoms with E-state index in [1.807, 2.05) is 0 Å². The number of para-hydroxylation sites is 1. The minimum atomic E-state index is -0.253. The van der Waals surface area contributed by atoms with Crippen molar-refractivity contribution in [1.82, 2.24) is 4.57 Å². The second-order valence-corrected chi connectivity index (χ2v) is 11.1. The maximum absolute atomic E-state index is 2.76. The second-order valence-electron chi connectivity index (χ2n) is 11.1. The third-order valence-corrected chi connectivity index (χ3v) is 9.07. The first-order valence-electron chi connectivity index (χ1n) is 14.2. The van der Waals surface area contributed by atoms with Crippen molar-refractivity contribution < 1.29 is 4.57 Å². The highest BCUT2D eigenvalue weighted by molar-refractivity contribution is 5.74. The Bertz CT molecular complexity index is 1610. The molecule has 1 unspecified atom stereocenters. The number of nitrogens with zero attached hydrogens (tertiary/aromatic N) is 2. The van der Waals surface area contributed by atoms with Crippen molar-refractivity contribution >= 4 is 0 Å². The number of fused-ring (bicyclic) bond motifs is 3. The van der Waals surface area contributed by atoms with E-state index in [0.29, 0.717) is 5.92 Å². The van der Waals surface area contributed by atoms with Crippen molar-refractivity contribution in [3.05, 3.63) is 132 Å². The summed E-state index contributed by atoms with van der Waals surface area (Å²) in [6, 6.07) is 40.5. The summed E-state index contributed by atoms with van der Waals surface area (Å²) in [6.07, 6.45) is 6.44. The molecule has 38 heavy (non-hydrogen) atoms. The molecule has 0 saturated heterocycles. The van der Waals surface area contributed by atoms with E-state index in [-0.39, 0.29) is 5.54 Å². The summed E-state index contributed by atoms with van der Waals surface area (Å²) in [7, 11) is 0. The molecule has 2 aliphatic rings. The van der Waals surface area contributed by atoms with E-state index in [4.69, 9.17) is 0 Å². The van der Waals surface area contributed by atoms with Crippen molar-refractivity contribution in [2.75, 3.05) is 0 Å². The van der Waals surface area contributed by atoms with Gasteiger partial charge in [-0.3, -0.25) is 0 Å². The Morgan fingerprint density at radius 3 is 2.05 bits per heavy atom. The second kappa shape index (κ2) is 9.13. The largest absolute Gasteiger partial charge is 0.295 e. The van der Waals surface area contributed by atoms with Gasteiger partial charge in [0.15, 0.2) is 16.9 Å². The predicted molar refractivity (Wildman–Crippen MR) is 156 cm³/mol. The molecule has 1 aromatic heterocycles. The molecule has 0 bridgehead atoms. The quantitative estimate of drug-likeness (QED) is 0.221. The molecule has 2 nitrogen and oxygen atoms in total. The molecular formula is C36H35N2+. The van der Waals surface area contributed by atoms with Crippen LogP contribution in [0.1, 0.15) is 54.5 Å². The third-order valence-electron chi connectivity index (χ3n) is 9.07. The van der Waals surface area contributed by atoms with E-state index in [1.54, 1.807) is 0 Å². The average Bonchev–Trinajstić information content (AvgIpc) is 3.45. The zero-order valence-corrected chi connectivity index (χ0v) is 22.4. The summed E-state index contributed by atoms with van der Waals surface area (Å²) in [6.45, 7) is 4.56. The van der Waals surface area contributed by atoms with Gasteiger partial charge >= 0.3 is 0 Å². The SMILES string of the molecule is Cc1ccccc1-n1c(C)c2[n+](c1-c1ccccc1)C(c1ccccc1)(C1CCCCC1)c1ccccc1-2. The molecule has 2 heteroatoms.